The molecule has 2 aromatic carbocycles. The number of hydrogen-bond donors (Lipinski definition) is 0. The summed E-state index contributed by atoms with van der Waals surface area (Å²) >= 11 is 0. The minimum absolute atomic E-state index is 0.0514. The summed E-state index contributed by atoms with van der Waals surface area (Å²) in [6, 6.07) is 7.89. The van der Waals surface area contributed by atoms with Gasteiger partial charge in [0.25, 0.3) is 0 Å². The number of methoxy groups -OCH3 is 1. The first-order valence-corrected chi connectivity index (χ1v) is 8.22. The van der Waals surface area contributed by atoms with Crippen LogP contribution in [0.15, 0.2) is 30.3 Å². The van der Waals surface area contributed by atoms with Gasteiger partial charge in [0.15, 0.2) is 5.78 Å². The van der Waals surface area contributed by atoms with Gasteiger partial charge >= 0.3 is 0 Å². The van der Waals surface area contributed by atoms with Crippen molar-refractivity contribution in [1.82, 2.24) is 0 Å². The van der Waals surface area contributed by atoms with E-state index in [4.69, 9.17) is 4.74 Å². The fourth-order valence-electron chi connectivity index (χ4n) is 3.18. The van der Waals surface area contributed by atoms with E-state index in [1.165, 1.54) is 27.8 Å². The van der Waals surface area contributed by atoms with Gasteiger partial charge in [0, 0.05) is 0 Å². The molecule has 2 rings (SSSR count). The molecule has 0 heterocycles. The van der Waals surface area contributed by atoms with E-state index < -0.39 is 0 Å². The third-order valence-corrected chi connectivity index (χ3v) is 5.02. The maximum Gasteiger partial charge on any atom is 0.153 e. The number of allylic oxidation sites excluding steroid dienone is 1. The van der Waals surface area contributed by atoms with Gasteiger partial charge in [-0.15, -0.1) is 0 Å². The molecule has 24 heavy (non-hydrogen) atoms. The summed E-state index contributed by atoms with van der Waals surface area (Å²) in [7, 11) is 1.66. The van der Waals surface area contributed by atoms with Crippen molar-refractivity contribution in [2.24, 2.45) is 0 Å². The molecule has 0 unspecified atom stereocenters. The molecule has 0 N–H and O–H groups in total. The van der Waals surface area contributed by atoms with Crippen LogP contribution < -0.4 is 4.74 Å². The molecule has 0 aromatic heterocycles. The number of carbonyl (C=O) groups is 1. The summed E-state index contributed by atoms with van der Waals surface area (Å²) in [6.45, 7) is 12.3. The fraction of sp³-hybridized carbons (Fsp3) is 0.318. The summed E-state index contributed by atoms with van der Waals surface area (Å²) in [5.74, 6) is 0.862. The van der Waals surface area contributed by atoms with Crippen LogP contribution in [-0.2, 0) is 4.79 Å². The lowest BCUT2D eigenvalue weighted by Gasteiger charge is -2.21. The van der Waals surface area contributed by atoms with Gasteiger partial charge in [0.2, 0.25) is 0 Å². The molecule has 0 fully saturated rings. The zero-order valence-corrected chi connectivity index (χ0v) is 15.7. The van der Waals surface area contributed by atoms with Gasteiger partial charge in [-0.25, -0.2) is 0 Å². The first-order chi connectivity index (χ1) is 11.3. The van der Waals surface area contributed by atoms with Gasteiger partial charge in [-0.1, -0.05) is 12.1 Å². The molecule has 2 heteroatoms. The molecule has 0 amide bonds. The second-order valence-corrected chi connectivity index (χ2v) is 6.40. The Morgan fingerprint density at radius 1 is 0.833 bits per heavy atom. The van der Waals surface area contributed by atoms with E-state index in [1.54, 1.807) is 20.1 Å². The molecule has 0 spiro atoms. The smallest absolute Gasteiger partial charge is 0.153 e. The maximum atomic E-state index is 11.9. The molecular formula is C22H26O2. The molecule has 2 nitrogen and oxygen atoms in total. The summed E-state index contributed by atoms with van der Waals surface area (Å²) in [4.78, 5) is 11.9. The van der Waals surface area contributed by atoms with E-state index in [0.29, 0.717) is 0 Å². The number of ketones is 1. The first-order valence-electron chi connectivity index (χ1n) is 8.22. The topological polar surface area (TPSA) is 26.3 Å². The van der Waals surface area contributed by atoms with Crippen molar-refractivity contribution in [3.63, 3.8) is 0 Å². The second-order valence-electron chi connectivity index (χ2n) is 6.40. The van der Waals surface area contributed by atoms with Crippen LogP contribution in [0.4, 0.5) is 0 Å². The standard InChI is InChI=1S/C22H26O2/c1-13(23)12-21(19-8-10-20(24-7)11-9-19)22-17(5)15(3)14(2)16(4)18(22)6/h8-12H,1-7H3/b21-12-. The molecular weight excluding hydrogens is 296 g/mol. The Bertz CT molecular complexity index is 780. The van der Waals surface area contributed by atoms with E-state index in [-0.39, 0.29) is 5.78 Å². The average molecular weight is 322 g/mol. The van der Waals surface area contributed by atoms with Crippen LogP contribution in [0.2, 0.25) is 0 Å². The van der Waals surface area contributed by atoms with Crippen molar-refractivity contribution in [2.45, 2.75) is 41.5 Å². The van der Waals surface area contributed by atoms with E-state index in [9.17, 15) is 4.79 Å². The summed E-state index contributed by atoms with van der Waals surface area (Å²) in [6.07, 6.45) is 1.74. The Balaban J connectivity index is 2.77. The predicted octanol–water partition coefficient (Wildman–Crippen LogP) is 5.26. The Labute approximate surface area is 145 Å². The van der Waals surface area contributed by atoms with Crippen LogP contribution in [0.3, 0.4) is 0 Å². The zero-order valence-electron chi connectivity index (χ0n) is 15.7. The van der Waals surface area contributed by atoms with Gasteiger partial charge in [-0.2, -0.15) is 0 Å². The van der Waals surface area contributed by atoms with Crippen LogP contribution in [0.5, 0.6) is 5.75 Å². The second kappa shape index (κ2) is 7.04. The number of hydrogen-bond acceptors (Lipinski definition) is 2. The highest BCUT2D eigenvalue weighted by Gasteiger charge is 2.17. The molecule has 0 saturated heterocycles. The molecule has 0 aliphatic carbocycles. The molecule has 0 radical (unpaired) electrons. The van der Waals surface area contributed by atoms with E-state index >= 15 is 0 Å². The van der Waals surface area contributed by atoms with E-state index in [1.807, 2.05) is 24.3 Å². The Hall–Kier alpha value is -2.35. The van der Waals surface area contributed by atoms with Crippen molar-refractivity contribution in [3.05, 3.63) is 69.3 Å². The SMILES string of the molecule is COc1ccc(/C(=C/C(C)=O)c2c(C)c(C)c(C)c(C)c2C)cc1. The van der Waals surface area contributed by atoms with Crippen molar-refractivity contribution in [2.75, 3.05) is 7.11 Å². The number of carbonyl (C=O) groups excluding carboxylic acids is 1. The fourth-order valence-corrected chi connectivity index (χ4v) is 3.18. The van der Waals surface area contributed by atoms with Crippen molar-refractivity contribution in [3.8, 4) is 5.75 Å². The molecule has 0 atom stereocenters. The van der Waals surface area contributed by atoms with E-state index in [2.05, 4.69) is 34.6 Å². The third kappa shape index (κ3) is 3.28. The number of ether oxygens (including phenoxy) is 1. The van der Waals surface area contributed by atoms with Gasteiger partial charge in [0.1, 0.15) is 5.75 Å². The highest BCUT2D eigenvalue weighted by Crippen LogP contribution is 2.35. The number of rotatable bonds is 4. The van der Waals surface area contributed by atoms with Crippen molar-refractivity contribution < 1.29 is 9.53 Å². The zero-order chi connectivity index (χ0) is 18.0. The normalized spacial score (nSPS) is 11.5. The lowest BCUT2D eigenvalue weighted by atomic mass is 9.83. The Morgan fingerprint density at radius 3 is 1.71 bits per heavy atom. The highest BCUT2D eigenvalue weighted by atomic mass is 16.5. The predicted molar refractivity (Wildman–Crippen MR) is 101 cm³/mol. The van der Waals surface area contributed by atoms with Crippen LogP contribution >= 0.6 is 0 Å². The molecule has 0 aliphatic heterocycles. The monoisotopic (exact) mass is 322 g/mol. The van der Waals surface area contributed by atoms with Crippen LogP contribution in [-0.4, -0.2) is 12.9 Å². The van der Waals surface area contributed by atoms with Gasteiger partial charge in [0.05, 0.1) is 7.11 Å². The minimum atomic E-state index is 0.0514. The molecule has 0 aliphatic rings. The van der Waals surface area contributed by atoms with Crippen LogP contribution in [0, 0.1) is 34.6 Å². The van der Waals surface area contributed by atoms with Crippen LogP contribution in [0.1, 0.15) is 45.9 Å². The first kappa shape index (κ1) is 18.0. The maximum absolute atomic E-state index is 11.9. The lowest BCUT2D eigenvalue weighted by Crippen LogP contribution is -2.04. The third-order valence-electron chi connectivity index (χ3n) is 5.02. The lowest BCUT2D eigenvalue weighted by molar-refractivity contribution is -0.112. The largest absolute Gasteiger partial charge is 0.497 e. The van der Waals surface area contributed by atoms with Gasteiger partial charge in [-0.05, 0) is 104 Å². The molecule has 126 valence electrons. The Morgan fingerprint density at radius 2 is 1.29 bits per heavy atom. The molecule has 2 aromatic rings. The summed E-state index contributed by atoms with van der Waals surface area (Å²) in [5, 5.41) is 0. The molecule has 0 saturated carbocycles. The van der Waals surface area contributed by atoms with E-state index in [0.717, 1.165) is 22.4 Å². The minimum Gasteiger partial charge on any atom is -0.497 e. The summed E-state index contributed by atoms with van der Waals surface area (Å²) in [5.41, 5.74) is 9.54. The Kier molecular flexibility index (Phi) is 5.28. The molecule has 0 bridgehead atoms. The van der Waals surface area contributed by atoms with Crippen LogP contribution in [0.25, 0.3) is 5.57 Å². The van der Waals surface area contributed by atoms with Crippen molar-refractivity contribution in [1.29, 1.82) is 0 Å². The van der Waals surface area contributed by atoms with Gasteiger partial charge in [-0.3, -0.25) is 4.79 Å². The van der Waals surface area contributed by atoms with Gasteiger partial charge < -0.3 is 4.74 Å². The quantitative estimate of drug-likeness (QED) is 0.718. The number of benzene rings is 2. The van der Waals surface area contributed by atoms with Crippen molar-refractivity contribution >= 4 is 11.4 Å². The summed E-state index contributed by atoms with van der Waals surface area (Å²) < 4.78 is 5.25. The highest BCUT2D eigenvalue weighted by molar-refractivity contribution is 6.00. The average Bonchev–Trinajstić information content (AvgIpc) is 2.57.